The maximum Gasteiger partial charge on any atom is 0.237 e. The molecule has 0 unspecified atom stereocenters. The van der Waals surface area contributed by atoms with Gasteiger partial charge in [0.1, 0.15) is 0 Å². The second kappa shape index (κ2) is 8.51. The fraction of sp³-hybridized carbons (Fsp3) is 0.545. The highest BCUT2D eigenvalue weighted by Gasteiger charge is 2.08. The molecule has 3 heteroatoms. The average molecular weight is 196 g/mol. The van der Waals surface area contributed by atoms with Gasteiger partial charge in [-0.25, -0.2) is 0 Å². The molecule has 1 N–H and O–H groups in total. The third-order valence-electron chi connectivity index (χ3n) is 1.75. The van der Waals surface area contributed by atoms with E-state index in [1.54, 1.807) is 17.1 Å². The van der Waals surface area contributed by atoms with E-state index in [9.17, 15) is 4.79 Å². The molecular formula is C11H20N2O. The van der Waals surface area contributed by atoms with Gasteiger partial charge in [0, 0.05) is 13.1 Å². The van der Waals surface area contributed by atoms with Gasteiger partial charge in [-0.1, -0.05) is 19.1 Å². The van der Waals surface area contributed by atoms with E-state index in [2.05, 4.69) is 25.4 Å². The zero-order valence-corrected chi connectivity index (χ0v) is 8.96. The van der Waals surface area contributed by atoms with Gasteiger partial charge in [-0.15, -0.1) is 13.2 Å². The van der Waals surface area contributed by atoms with Crippen molar-refractivity contribution in [3.63, 3.8) is 0 Å². The minimum Gasteiger partial charge on any atom is -0.334 e. The van der Waals surface area contributed by atoms with Crippen LogP contribution >= 0.6 is 0 Å². The van der Waals surface area contributed by atoms with Gasteiger partial charge in [-0.05, 0) is 13.0 Å². The lowest BCUT2D eigenvalue weighted by atomic mass is 10.4. The van der Waals surface area contributed by atoms with E-state index in [1.165, 1.54) is 0 Å². The molecule has 1 amide bonds. The minimum atomic E-state index is 0.0956. The van der Waals surface area contributed by atoms with Gasteiger partial charge >= 0.3 is 0 Å². The summed E-state index contributed by atoms with van der Waals surface area (Å²) < 4.78 is 0. The number of nitrogens with one attached hydrogen (secondary N) is 1. The molecular weight excluding hydrogens is 176 g/mol. The molecule has 0 heterocycles. The van der Waals surface area contributed by atoms with Gasteiger partial charge < -0.3 is 10.2 Å². The van der Waals surface area contributed by atoms with Crippen LogP contribution in [0.2, 0.25) is 0 Å². The van der Waals surface area contributed by atoms with Crippen LogP contribution < -0.4 is 5.32 Å². The van der Waals surface area contributed by atoms with Gasteiger partial charge in [0.2, 0.25) is 5.91 Å². The van der Waals surface area contributed by atoms with E-state index >= 15 is 0 Å². The highest BCUT2D eigenvalue weighted by molar-refractivity contribution is 5.78. The first kappa shape index (κ1) is 12.9. The van der Waals surface area contributed by atoms with Crippen LogP contribution in [0, 0.1) is 0 Å². The van der Waals surface area contributed by atoms with Gasteiger partial charge in [-0.2, -0.15) is 0 Å². The number of hydrogen-bond acceptors (Lipinski definition) is 2. The fourth-order valence-corrected chi connectivity index (χ4v) is 1.07. The molecule has 0 radical (unpaired) electrons. The second-order valence-corrected chi connectivity index (χ2v) is 3.05. The van der Waals surface area contributed by atoms with Crippen LogP contribution in [0.4, 0.5) is 0 Å². The van der Waals surface area contributed by atoms with Crippen molar-refractivity contribution in [3.8, 4) is 0 Å². The Morgan fingerprint density at radius 3 is 2.36 bits per heavy atom. The van der Waals surface area contributed by atoms with Crippen molar-refractivity contribution >= 4 is 5.91 Å². The normalized spacial score (nSPS) is 9.50. The third kappa shape index (κ3) is 5.54. The van der Waals surface area contributed by atoms with Crippen molar-refractivity contribution in [1.82, 2.24) is 10.2 Å². The Balaban J connectivity index is 3.87. The molecule has 0 aliphatic rings. The first-order chi connectivity index (χ1) is 6.76. The maximum atomic E-state index is 11.6. The molecule has 3 nitrogen and oxygen atoms in total. The summed E-state index contributed by atoms with van der Waals surface area (Å²) in [5.74, 6) is 0.0956. The van der Waals surface area contributed by atoms with E-state index < -0.39 is 0 Å². The third-order valence-corrected chi connectivity index (χ3v) is 1.75. The molecule has 0 spiro atoms. The lowest BCUT2D eigenvalue weighted by Crippen LogP contribution is -2.38. The molecule has 0 fully saturated rings. The fourth-order valence-electron chi connectivity index (χ4n) is 1.07. The van der Waals surface area contributed by atoms with Crippen molar-refractivity contribution in [2.45, 2.75) is 13.3 Å². The zero-order valence-electron chi connectivity index (χ0n) is 8.96. The summed E-state index contributed by atoms with van der Waals surface area (Å²) in [5.41, 5.74) is 0. The minimum absolute atomic E-state index is 0.0956. The van der Waals surface area contributed by atoms with Crippen LogP contribution in [-0.4, -0.2) is 37.0 Å². The number of carbonyl (C=O) groups excluding carboxylic acids is 1. The topological polar surface area (TPSA) is 32.3 Å². The quantitative estimate of drug-likeness (QED) is 0.467. The van der Waals surface area contributed by atoms with Gasteiger partial charge in [0.15, 0.2) is 0 Å². The molecule has 0 aromatic heterocycles. The van der Waals surface area contributed by atoms with Crippen LogP contribution in [0.15, 0.2) is 25.3 Å². The highest BCUT2D eigenvalue weighted by atomic mass is 16.2. The molecule has 0 atom stereocenters. The Morgan fingerprint density at radius 2 is 1.93 bits per heavy atom. The summed E-state index contributed by atoms with van der Waals surface area (Å²) in [5, 5.41) is 3.07. The van der Waals surface area contributed by atoms with Crippen molar-refractivity contribution in [3.05, 3.63) is 25.3 Å². The van der Waals surface area contributed by atoms with Crippen molar-refractivity contribution < 1.29 is 4.79 Å². The highest BCUT2D eigenvalue weighted by Crippen LogP contribution is 1.90. The molecule has 0 aromatic rings. The van der Waals surface area contributed by atoms with E-state index in [-0.39, 0.29) is 5.91 Å². The molecule has 0 saturated carbocycles. The van der Waals surface area contributed by atoms with E-state index in [0.717, 1.165) is 13.0 Å². The molecule has 80 valence electrons. The van der Waals surface area contributed by atoms with E-state index in [4.69, 9.17) is 0 Å². The predicted octanol–water partition coefficient (Wildman–Crippen LogP) is 1.19. The van der Waals surface area contributed by atoms with E-state index in [1.807, 2.05) is 0 Å². The van der Waals surface area contributed by atoms with Crippen molar-refractivity contribution in [1.29, 1.82) is 0 Å². The van der Waals surface area contributed by atoms with Crippen LogP contribution in [0.3, 0.4) is 0 Å². The number of rotatable bonds is 8. The Labute approximate surface area is 86.5 Å². The smallest absolute Gasteiger partial charge is 0.237 e. The summed E-state index contributed by atoms with van der Waals surface area (Å²) in [4.78, 5) is 13.3. The summed E-state index contributed by atoms with van der Waals surface area (Å²) >= 11 is 0. The lowest BCUT2D eigenvalue weighted by molar-refractivity contribution is -0.129. The second-order valence-electron chi connectivity index (χ2n) is 3.05. The number of amides is 1. The molecule has 14 heavy (non-hydrogen) atoms. The van der Waals surface area contributed by atoms with Crippen LogP contribution in [0.25, 0.3) is 0 Å². The Morgan fingerprint density at radius 1 is 1.36 bits per heavy atom. The molecule has 0 aliphatic carbocycles. The summed E-state index contributed by atoms with van der Waals surface area (Å²) in [6.45, 7) is 11.7. The predicted molar refractivity (Wildman–Crippen MR) is 60.1 cm³/mol. The van der Waals surface area contributed by atoms with Crippen LogP contribution in [-0.2, 0) is 4.79 Å². The summed E-state index contributed by atoms with van der Waals surface area (Å²) in [6, 6.07) is 0. The number of nitrogens with zero attached hydrogens (tertiary/aromatic N) is 1. The van der Waals surface area contributed by atoms with Crippen molar-refractivity contribution in [2.75, 3.05) is 26.2 Å². The first-order valence-corrected chi connectivity index (χ1v) is 4.96. The molecule has 0 aromatic carbocycles. The average Bonchev–Trinajstić information content (AvgIpc) is 2.18. The summed E-state index contributed by atoms with van der Waals surface area (Å²) in [7, 11) is 0. The largest absolute Gasteiger partial charge is 0.334 e. The lowest BCUT2D eigenvalue weighted by Gasteiger charge is -2.19. The number of hydrogen-bond donors (Lipinski definition) is 1. The molecule has 0 bridgehead atoms. The van der Waals surface area contributed by atoms with Gasteiger partial charge in [0.05, 0.1) is 6.54 Å². The molecule has 0 saturated heterocycles. The number of carbonyl (C=O) groups is 1. The SMILES string of the molecule is C=CCN(CC=C)C(=O)CNCCC. The van der Waals surface area contributed by atoms with E-state index in [0.29, 0.717) is 19.6 Å². The van der Waals surface area contributed by atoms with Gasteiger partial charge in [0.25, 0.3) is 0 Å². The Kier molecular flexibility index (Phi) is 7.84. The monoisotopic (exact) mass is 196 g/mol. The Bertz CT molecular complexity index is 180. The van der Waals surface area contributed by atoms with Crippen LogP contribution in [0.5, 0.6) is 0 Å². The van der Waals surface area contributed by atoms with Crippen molar-refractivity contribution in [2.24, 2.45) is 0 Å². The molecule has 0 rings (SSSR count). The molecule has 0 aliphatic heterocycles. The standard InChI is InChI=1S/C11H20N2O/c1-4-7-12-10-11(14)13(8-5-2)9-6-3/h5-6,12H,2-4,7-10H2,1H3. The zero-order chi connectivity index (χ0) is 10.8. The van der Waals surface area contributed by atoms with Crippen LogP contribution in [0.1, 0.15) is 13.3 Å². The maximum absolute atomic E-state index is 11.6. The Hall–Kier alpha value is -1.09. The van der Waals surface area contributed by atoms with Gasteiger partial charge in [-0.3, -0.25) is 4.79 Å². The first-order valence-electron chi connectivity index (χ1n) is 4.96. The summed E-state index contributed by atoms with van der Waals surface area (Å²) in [6.07, 6.45) is 4.48.